The lowest BCUT2D eigenvalue weighted by molar-refractivity contribution is 0.397. The Morgan fingerprint density at radius 2 is 1.81 bits per heavy atom. The van der Waals surface area contributed by atoms with Crippen LogP contribution in [0, 0.1) is 11.8 Å². The number of hydrogen-bond donors (Lipinski definition) is 0. The van der Waals surface area contributed by atoms with Gasteiger partial charge in [-0.3, -0.25) is 0 Å². The topological polar surface area (TPSA) is 0 Å². The van der Waals surface area contributed by atoms with Crippen LogP contribution >= 0.6 is 23.2 Å². The smallest absolute Gasteiger partial charge is 0.0595 e. The van der Waals surface area contributed by atoms with E-state index in [-0.39, 0.29) is 0 Å². The molecule has 0 heterocycles. The Bertz CT molecular complexity index is 332. The molecule has 1 atom stereocenters. The summed E-state index contributed by atoms with van der Waals surface area (Å²) in [5.74, 6) is 1.50. The second-order valence-electron chi connectivity index (χ2n) is 4.86. The summed E-state index contributed by atoms with van der Waals surface area (Å²) in [7, 11) is 0. The highest BCUT2D eigenvalue weighted by atomic mass is 35.5. The summed E-state index contributed by atoms with van der Waals surface area (Å²) in [6.45, 7) is 6.81. The molecule has 0 aromatic heterocycles. The third-order valence-corrected chi connectivity index (χ3v) is 3.63. The van der Waals surface area contributed by atoms with Gasteiger partial charge in [0, 0.05) is 0 Å². The third kappa shape index (κ3) is 4.35. The molecule has 0 bridgehead atoms. The van der Waals surface area contributed by atoms with E-state index in [2.05, 4.69) is 26.8 Å². The molecule has 0 fully saturated rings. The summed E-state index contributed by atoms with van der Waals surface area (Å²) in [5.41, 5.74) is 1.29. The molecule has 0 radical (unpaired) electrons. The molecule has 0 aliphatic heterocycles. The fraction of sp³-hybridized carbons (Fsp3) is 0.571. The van der Waals surface area contributed by atoms with E-state index in [9.17, 15) is 0 Å². The lowest BCUT2D eigenvalue weighted by Gasteiger charge is -2.17. The van der Waals surface area contributed by atoms with Gasteiger partial charge in [-0.1, -0.05) is 56.5 Å². The highest BCUT2D eigenvalue weighted by Gasteiger charge is 2.10. The van der Waals surface area contributed by atoms with Crippen molar-refractivity contribution >= 4 is 23.2 Å². The molecule has 0 aliphatic carbocycles. The Balaban J connectivity index is 2.66. The van der Waals surface area contributed by atoms with Crippen LogP contribution in [0.25, 0.3) is 0 Å². The lowest BCUT2D eigenvalue weighted by Crippen LogP contribution is -2.07. The van der Waals surface area contributed by atoms with Crippen molar-refractivity contribution in [3.05, 3.63) is 33.8 Å². The zero-order chi connectivity index (χ0) is 12.1. The van der Waals surface area contributed by atoms with Gasteiger partial charge in [0.1, 0.15) is 0 Å². The molecular weight excluding hydrogens is 239 g/mol. The van der Waals surface area contributed by atoms with E-state index < -0.39 is 0 Å². The van der Waals surface area contributed by atoms with Crippen molar-refractivity contribution in [1.29, 1.82) is 0 Å². The predicted molar refractivity (Wildman–Crippen MR) is 73.4 cm³/mol. The first-order valence-corrected chi connectivity index (χ1v) is 6.72. The van der Waals surface area contributed by atoms with E-state index in [1.807, 2.05) is 12.1 Å². The SMILES string of the molecule is CCC(Cc1ccc(Cl)c(Cl)c1)CC(C)C. The van der Waals surface area contributed by atoms with Gasteiger partial charge in [-0.25, -0.2) is 0 Å². The normalized spacial score (nSPS) is 13.1. The molecule has 1 aromatic rings. The van der Waals surface area contributed by atoms with Crippen LogP contribution in [0.15, 0.2) is 18.2 Å². The fourth-order valence-corrected chi connectivity index (χ4v) is 2.38. The van der Waals surface area contributed by atoms with Crippen LogP contribution in [0.1, 0.15) is 39.2 Å². The molecule has 1 rings (SSSR count). The molecule has 0 saturated carbocycles. The quantitative estimate of drug-likeness (QED) is 0.644. The van der Waals surface area contributed by atoms with Crippen LogP contribution in [0.2, 0.25) is 10.0 Å². The molecule has 90 valence electrons. The highest BCUT2D eigenvalue weighted by molar-refractivity contribution is 6.42. The number of rotatable bonds is 5. The van der Waals surface area contributed by atoms with E-state index in [1.54, 1.807) is 0 Å². The van der Waals surface area contributed by atoms with Gasteiger partial charge >= 0.3 is 0 Å². The standard InChI is InChI=1S/C14H20Cl2/c1-4-11(7-10(2)3)8-12-5-6-13(15)14(16)9-12/h5-6,9-11H,4,7-8H2,1-3H3. The zero-order valence-corrected chi connectivity index (χ0v) is 11.8. The van der Waals surface area contributed by atoms with Crippen molar-refractivity contribution < 1.29 is 0 Å². The molecule has 1 unspecified atom stereocenters. The molecule has 0 N–H and O–H groups in total. The van der Waals surface area contributed by atoms with Crippen molar-refractivity contribution in [1.82, 2.24) is 0 Å². The van der Waals surface area contributed by atoms with Crippen molar-refractivity contribution in [3.8, 4) is 0 Å². The minimum atomic E-state index is 0.641. The van der Waals surface area contributed by atoms with Gasteiger partial charge in [-0.05, 0) is 42.4 Å². The summed E-state index contributed by atoms with van der Waals surface area (Å²) in [6.07, 6.45) is 3.60. The summed E-state index contributed by atoms with van der Waals surface area (Å²) >= 11 is 11.9. The van der Waals surface area contributed by atoms with Gasteiger partial charge in [0.15, 0.2) is 0 Å². The van der Waals surface area contributed by atoms with E-state index >= 15 is 0 Å². The third-order valence-electron chi connectivity index (χ3n) is 2.89. The maximum absolute atomic E-state index is 6.01. The zero-order valence-electron chi connectivity index (χ0n) is 10.3. The average molecular weight is 259 g/mol. The minimum Gasteiger partial charge on any atom is -0.0827 e. The molecule has 16 heavy (non-hydrogen) atoms. The summed E-state index contributed by atoms with van der Waals surface area (Å²) < 4.78 is 0. The first kappa shape index (κ1) is 13.9. The van der Waals surface area contributed by atoms with Crippen molar-refractivity contribution in [2.75, 3.05) is 0 Å². The minimum absolute atomic E-state index is 0.641. The van der Waals surface area contributed by atoms with Crippen LogP contribution in [0.4, 0.5) is 0 Å². The Hall–Kier alpha value is -0.200. The Labute approximate surface area is 109 Å². The van der Waals surface area contributed by atoms with Gasteiger partial charge < -0.3 is 0 Å². The van der Waals surface area contributed by atoms with Crippen molar-refractivity contribution in [2.45, 2.75) is 40.0 Å². The molecule has 0 aliphatic rings. The summed E-state index contributed by atoms with van der Waals surface area (Å²) in [5, 5.41) is 1.31. The van der Waals surface area contributed by atoms with Crippen molar-refractivity contribution in [3.63, 3.8) is 0 Å². The second kappa shape index (κ2) is 6.51. The van der Waals surface area contributed by atoms with Crippen LogP contribution in [0.5, 0.6) is 0 Å². The van der Waals surface area contributed by atoms with E-state index in [0.29, 0.717) is 10.0 Å². The maximum atomic E-state index is 6.01. The van der Waals surface area contributed by atoms with E-state index in [0.717, 1.165) is 18.3 Å². The van der Waals surface area contributed by atoms with E-state index in [1.165, 1.54) is 18.4 Å². The van der Waals surface area contributed by atoms with Gasteiger partial charge in [0.2, 0.25) is 0 Å². The molecular formula is C14H20Cl2. The van der Waals surface area contributed by atoms with Crippen LogP contribution in [0.3, 0.4) is 0 Å². The molecule has 0 amide bonds. The molecule has 2 heteroatoms. The molecule has 0 spiro atoms. The van der Waals surface area contributed by atoms with Gasteiger partial charge in [0.25, 0.3) is 0 Å². The van der Waals surface area contributed by atoms with Crippen molar-refractivity contribution in [2.24, 2.45) is 11.8 Å². The first-order chi connectivity index (χ1) is 7.52. The number of halogens is 2. The highest BCUT2D eigenvalue weighted by Crippen LogP contribution is 2.26. The van der Waals surface area contributed by atoms with Crippen LogP contribution < -0.4 is 0 Å². The monoisotopic (exact) mass is 258 g/mol. The largest absolute Gasteiger partial charge is 0.0827 e. The predicted octanol–water partition coefficient (Wildman–Crippen LogP) is 5.61. The fourth-order valence-electron chi connectivity index (χ4n) is 2.06. The Morgan fingerprint density at radius 1 is 1.12 bits per heavy atom. The van der Waals surface area contributed by atoms with Crippen LogP contribution in [-0.4, -0.2) is 0 Å². The van der Waals surface area contributed by atoms with Gasteiger partial charge in [0.05, 0.1) is 10.0 Å². The lowest BCUT2D eigenvalue weighted by atomic mass is 9.89. The molecule has 0 nitrogen and oxygen atoms in total. The second-order valence-corrected chi connectivity index (χ2v) is 5.67. The Kier molecular flexibility index (Phi) is 5.64. The molecule has 0 saturated heterocycles. The summed E-state index contributed by atoms with van der Waals surface area (Å²) in [6, 6.07) is 5.96. The van der Waals surface area contributed by atoms with Crippen LogP contribution in [-0.2, 0) is 6.42 Å². The molecule has 1 aromatic carbocycles. The Morgan fingerprint density at radius 3 is 2.31 bits per heavy atom. The average Bonchev–Trinajstić information content (AvgIpc) is 2.22. The summed E-state index contributed by atoms with van der Waals surface area (Å²) in [4.78, 5) is 0. The van der Waals surface area contributed by atoms with E-state index in [4.69, 9.17) is 23.2 Å². The number of hydrogen-bond acceptors (Lipinski definition) is 0. The van der Waals surface area contributed by atoms with Gasteiger partial charge in [-0.2, -0.15) is 0 Å². The first-order valence-electron chi connectivity index (χ1n) is 5.96. The van der Waals surface area contributed by atoms with Gasteiger partial charge in [-0.15, -0.1) is 0 Å². The maximum Gasteiger partial charge on any atom is 0.0595 e. The number of benzene rings is 1.